The predicted octanol–water partition coefficient (Wildman–Crippen LogP) is 2.81. The van der Waals surface area contributed by atoms with E-state index < -0.39 is 5.97 Å². The van der Waals surface area contributed by atoms with E-state index in [2.05, 4.69) is 29.2 Å². The van der Waals surface area contributed by atoms with Gasteiger partial charge in [-0.25, -0.2) is 0 Å². The molecule has 0 aliphatic heterocycles. The number of nitrogens with zero attached hydrogens (tertiary/aromatic N) is 1. The van der Waals surface area contributed by atoms with Crippen LogP contribution in [0.25, 0.3) is 0 Å². The highest BCUT2D eigenvalue weighted by Crippen LogP contribution is 2.06. The van der Waals surface area contributed by atoms with Crippen molar-refractivity contribution in [3.05, 3.63) is 35.9 Å². The molecule has 0 saturated heterocycles. The molecule has 0 radical (unpaired) electrons. The van der Waals surface area contributed by atoms with E-state index in [9.17, 15) is 4.79 Å². The Labute approximate surface area is 109 Å². The highest BCUT2D eigenvalue weighted by Gasteiger charge is 2.02. The maximum atomic E-state index is 10.4. The molecule has 0 atom stereocenters. The first kappa shape index (κ1) is 14.7. The number of unbranched alkanes of at least 4 members (excludes halogenated alkanes) is 2. The van der Waals surface area contributed by atoms with Crippen LogP contribution in [0.1, 0.15) is 31.2 Å². The Bertz CT molecular complexity index is 338. The van der Waals surface area contributed by atoms with E-state index in [1.165, 1.54) is 18.4 Å². The van der Waals surface area contributed by atoms with E-state index in [4.69, 9.17) is 5.11 Å². The van der Waals surface area contributed by atoms with Crippen LogP contribution in [0.5, 0.6) is 0 Å². The second-order valence-electron chi connectivity index (χ2n) is 4.74. The van der Waals surface area contributed by atoms with Crippen LogP contribution in [0.2, 0.25) is 0 Å². The minimum absolute atomic E-state index is 0.237. The molecule has 1 aromatic rings. The van der Waals surface area contributed by atoms with Gasteiger partial charge in [-0.05, 0) is 38.4 Å². The monoisotopic (exact) mass is 249 g/mol. The van der Waals surface area contributed by atoms with Crippen molar-refractivity contribution in [1.29, 1.82) is 0 Å². The van der Waals surface area contributed by atoms with Crippen LogP contribution in [0, 0.1) is 0 Å². The van der Waals surface area contributed by atoms with Gasteiger partial charge < -0.3 is 10.0 Å². The highest BCUT2D eigenvalue weighted by molar-refractivity contribution is 5.66. The van der Waals surface area contributed by atoms with Crippen LogP contribution in [0.3, 0.4) is 0 Å². The lowest BCUT2D eigenvalue weighted by molar-refractivity contribution is -0.137. The molecule has 0 unspecified atom stereocenters. The van der Waals surface area contributed by atoms with Crippen molar-refractivity contribution in [3.63, 3.8) is 0 Å². The molecule has 1 N–H and O–H groups in total. The quantitative estimate of drug-likeness (QED) is 0.684. The van der Waals surface area contributed by atoms with Gasteiger partial charge in [-0.2, -0.15) is 0 Å². The van der Waals surface area contributed by atoms with Gasteiger partial charge in [-0.3, -0.25) is 4.79 Å². The molecule has 3 nitrogen and oxygen atoms in total. The van der Waals surface area contributed by atoms with Crippen LogP contribution in [0.15, 0.2) is 30.3 Å². The molecule has 0 amide bonds. The smallest absolute Gasteiger partial charge is 0.304 e. The molecule has 1 aromatic carbocycles. The Hall–Kier alpha value is -1.35. The van der Waals surface area contributed by atoms with Gasteiger partial charge in [0, 0.05) is 6.54 Å². The molecule has 0 saturated carbocycles. The zero-order chi connectivity index (χ0) is 13.2. The number of carboxylic acid groups (broad SMARTS) is 1. The molecule has 100 valence electrons. The van der Waals surface area contributed by atoms with Gasteiger partial charge >= 0.3 is 5.97 Å². The van der Waals surface area contributed by atoms with Gasteiger partial charge in [-0.1, -0.05) is 36.8 Å². The predicted molar refractivity (Wildman–Crippen MR) is 73.7 cm³/mol. The molecular weight excluding hydrogens is 226 g/mol. The lowest BCUT2D eigenvalue weighted by atomic mass is 10.1. The zero-order valence-corrected chi connectivity index (χ0v) is 11.1. The second-order valence-corrected chi connectivity index (χ2v) is 4.74. The van der Waals surface area contributed by atoms with Crippen molar-refractivity contribution in [2.45, 2.75) is 32.1 Å². The number of carboxylic acids is 1. The van der Waals surface area contributed by atoms with Crippen LogP contribution in [-0.4, -0.2) is 36.1 Å². The van der Waals surface area contributed by atoms with Gasteiger partial charge in [0.05, 0.1) is 6.42 Å². The van der Waals surface area contributed by atoms with Gasteiger partial charge in [0.15, 0.2) is 0 Å². The third kappa shape index (κ3) is 7.07. The number of aliphatic carboxylic acids is 1. The Morgan fingerprint density at radius 3 is 2.50 bits per heavy atom. The second kappa shape index (κ2) is 8.70. The number of benzene rings is 1. The maximum Gasteiger partial charge on any atom is 0.304 e. The van der Waals surface area contributed by atoms with E-state index >= 15 is 0 Å². The summed E-state index contributed by atoms with van der Waals surface area (Å²) < 4.78 is 0. The van der Waals surface area contributed by atoms with Crippen LogP contribution in [0.4, 0.5) is 0 Å². The number of carbonyl (C=O) groups is 1. The van der Waals surface area contributed by atoms with E-state index in [0.29, 0.717) is 6.54 Å². The van der Waals surface area contributed by atoms with Gasteiger partial charge in [-0.15, -0.1) is 0 Å². The van der Waals surface area contributed by atoms with Crippen molar-refractivity contribution in [2.75, 3.05) is 20.1 Å². The Balaban J connectivity index is 2.00. The van der Waals surface area contributed by atoms with Gasteiger partial charge in [0.25, 0.3) is 0 Å². The first-order chi connectivity index (χ1) is 8.68. The third-order valence-electron chi connectivity index (χ3n) is 3.06. The van der Waals surface area contributed by atoms with E-state index in [1.54, 1.807) is 0 Å². The number of hydrogen-bond acceptors (Lipinski definition) is 2. The van der Waals surface area contributed by atoms with E-state index in [1.807, 2.05) is 13.1 Å². The SMILES string of the molecule is CN(CCCCCc1ccccc1)CCC(=O)O. The first-order valence-electron chi connectivity index (χ1n) is 6.63. The molecule has 0 spiro atoms. The molecule has 1 rings (SSSR count). The molecule has 0 aliphatic rings. The summed E-state index contributed by atoms with van der Waals surface area (Å²) in [5.41, 5.74) is 1.40. The van der Waals surface area contributed by atoms with Gasteiger partial charge in [0.1, 0.15) is 0 Å². The Morgan fingerprint density at radius 1 is 1.11 bits per heavy atom. The fourth-order valence-electron chi connectivity index (χ4n) is 1.93. The number of rotatable bonds is 9. The summed E-state index contributed by atoms with van der Waals surface area (Å²) in [5, 5.41) is 8.57. The van der Waals surface area contributed by atoms with Crippen LogP contribution >= 0.6 is 0 Å². The summed E-state index contributed by atoms with van der Waals surface area (Å²) in [5.74, 6) is -0.717. The average Bonchev–Trinajstić information content (AvgIpc) is 2.37. The van der Waals surface area contributed by atoms with Crippen molar-refractivity contribution in [3.8, 4) is 0 Å². The maximum absolute atomic E-state index is 10.4. The normalized spacial score (nSPS) is 10.8. The van der Waals surface area contributed by atoms with Crippen molar-refractivity contribution in [2.24, 2.45) is 0 Å². The van der Waals surface area contributed by atoms with Crippen molar-refractivity contribution < 1.29 is 9.90 Å². The van der Waals surface area contributed by atoms with Crippen molar-refractivity contribution in [1.82, 2.24) is 4.90 Å². The first-order valence-corrected chi connectivity index (χ1v) is 6.63. The fourth-order valence-corrected chi connectivity index (χ4v) is 1.93. The van der Waals surface area contributed by atoms with Gasteiger partial charge in [0.2, 0.25) is 0 Å². The lowest BCUT2D eigenvalue weighted by Gasteiger charge is -2.14. The fraction of sp³-hybridized carbons (Fsp3) is 0.533. The topological polar surface area (TPSA) is 40.5 Å². The molecule has 0 heterocycles. The summed E-state index contributed by atoms with van der Waals surface area (Å²) in [6, 6.07) is 10.5. The molecule has 0 bridgehead atoms. The van der Waals surface area contributed by atoms with Crippen molar-refractivity contribution >= 4 is 5.97 Å². The largest absolute Gasteiger partial charge is 0.481 e. The standard InChI is InChI=1S/C15H23NO2/c1-16(13-11-15(17)18)12-7-3-6-10-14-8-4-2-5-9-14/h2,4-5,8-9H,3,6-7,10-13H2,1H3,(H,17,18). The minimum atomic E-state index is -0.717. The van der Waals surface area contributed by atoms with E-state index in [0.717, 1.165) is 19.4 Å². The van der Waals surface area contributed by atoms with E-state index in [-0.39, 0.29) is 6.42 Å². The summed E-state index contributed by atoms with van der Waals surface area (Å²) in [7, 11) is 1.99. The molecular formula is C15H23NO2. The molecule has 0 aliphatic carbocycles. The van der Waals surface area contributed by atoms with Crippen LogP contribution < -0.4 is 0 Å². The third-order valence-corrected chi connectivity index (χ3v) is 3.06. The average molecular weight is 249 g/mol. The molecule has 18 heavy (non-hydrogen) atoms. The molecule has 0 aromatic heterocycles. The zero-order valence-electron chi connectivity index (χ0n) is 11.1. The summed E-state index contributed by atoms with van der Waals surface area (Å²) >= 11 is 0. The number of hydrogen-bond donors (Lipinski definition) is 1. The number of aryl methyl sites for hydroxylation is 1. The Morgan fingerprint density at radius 2 is 1.83 bits per heavy atom. The highest BCUT2D eigenvalue weighted by atomic mass is 16.4. The summed E-state index contributed by atoms with van der Waals surface area (Å²) in [6.07, 6.45) is 4.92. The minimum Gasteiger partial charge on any atom is -0.481 e. The molecule has 3 heteroatoms. The summed E-state index contributed by atoms with van der Waals surface area (Å²) in [4.78, 5) is 12.5. The lowest BCUT2D eigenvalue weighted by Crippen LogP contribution is -2.22. The molecule has 0 fully saturated rings. The Kier molecular flexibility index (Phi) is 7.11. The summed E-state index contributed by atoms with van der Waals surface area (Å²) in [6.45, 7) is 1.64. The van der Waals surface area contributed by atoms with Crippen LogP contribution in [-0.2, 0) is 11.2 Å².